The summed E-state index contributed by atoms with van der Waals surface area (Å²) in [6.45, 7) is 3.06. The predicted octanol–water partition coefficient (Wildman–Crippen LogP) is 2.59. The van der Waals surface area contributed by atoms with Crippen LogP contribution in [0, 0.1) is 6.92 Å². The van der Waals surface area contributed by atoms with E-state index in [0.29, 0.717) is 5.69 Å². The quantitative estimate of drug-likeness (QED) is 0.854. The zero-order chi connectivity index (χ0) is 16.1. The van der Waals surface area contributed by atoms with E-state index in [1.54, 1.807) is 6.92 Å². The van der Waals surface area contributed by atoms with E-state index in [0.717, 1.165) is 11.8 Å². The van der Waals surface area contributed by atoms with E-state index in [-0.39, 0.29) is 23.7 Å². The van der Waals surface area contributed by atoms with Crippen molar-refractivity contribution in [1.29, 1.82) is 0 Å². The number of ether oxygens (including phenoxy) is 2. The Morgan fingerprint density at radius 3 is 2.45 bits per heavy atom. The monoisotopic (exact) mass is 301 g/mol. The summed E-state index contributed by atoms with van der Waals surface area (Å²) >= 11 is 0. The molecule has 0 aliphatic heterocycles. The molecule has 1 N–H and O–H groups in total. The molecule has 0 saturated carbocycles. The van der Waals surface area contributed by atoms with Crippen LogP contribution in [0.15, 0.2) is 36.5 Å². The Morgan fingerprint density at radius 2 is 1.86 bits per heavy atom. The highest BCUT2D eigenvalue weighted by Gasteiger charge is 2.22. The van der Waals surface area contributed by atoms with Crippen molar-refractivity contribution in [3.05, 3.63) is 53.3 Å². The van der Waals surface area contributed by atoms with Crippen LogP contribution >= 0.6 is 0 Å². The number of aryl methyl sites for hydroxylation is 1. The average molecular weight is 301 g/mol. The lowest BCUT2D eigenvalue weighted by Gasteiger charge is -2.14. The molecule has 0 saturated heterocycles. The molecule has 6 heteroatoms. The first-order valence-corrected chi connectivity index (χ1v) is 6.57. The third-order valence-corrected chi connectivity index (χ3v) is 2.87. The summed E-state index contributed by atoms with van der Waals surface area (Å²) in [5, 5.41) is 9.19. The first-order chi connectivity index (χ1) is 10.5. The SMILES string of the molecule is CC(=O)Oc1c(C(=O)O)cnc(C)c1OCc1ccccc1. The molecule has 2 aromatic rings. The van der Waals surface area contributed by atoms with Crippen molar-refractivity contribution in [3.8, 4) is 11.5 Å². The molecule has 0 amide bonds. The Bertz CT molecular complexity index is 697. The molecule has 0 radical (unpaired) electrons. The van der Waals surface area contributed by atoms with Crippen LogP contribution in [0.25, 0.3) is 0 Å². The highest BCUT2D eigenvalue weighted by atomic mass is 16.6. The fraction of sp³-hybridized carbons (Fsp3) is 0.188. The number of hydrogen-bond acceptors (Lipinski definition) is 5. The number of carbonyl (C=O) groups is 2. The van der Waals surface area contributed by atoms with Crippen molar-refractivity contribution in [2.24, 2.45) is 0 Å². The molecule has 0 unspecified atom stereocenters. The number of esters is 1. The summed E-state index contributed by atoms with van der Waals surface area (Å²) in [6.07, 6.45) is 1.14. The number of benzene rings is 1. The van der Waals surface area contributed by atoms with Crippen molar-refractivity contribution in [3.63, 3.8) is 0 Å². The number of nitrogens with zero attached hydrogens (tertiary/aromatic N) is 1. The molecule has 0 bridgehead atoms. The number of carboxylic acid groups (broad SMARTS) is 1. The van der Waals surface area contributed by atoms with Gasteiger partial charge < -0.3 is 14.6 Å². The first-order valence-electron chi connectivity index (χ1n) is 6.57. The molecule has 0 fully saturated rings. The Hall–Kier alpha value is -2.89. The van der Waals surface area contributed by atoms with Crippen molar-refractivity contribution >= 4 is 11.9 Å². The molecule has 0 spiro atoms. The minimum atomic E-state index is -1.24. The molecule has 1 aromatic carbocycles. The second kappa shape index (κ2) is 6.71. The van der Waals surface area contributed by atoms with Gasteiger partial charge in [0, 0.05) is 13.1 Å². The van der Waals surface area contributed by atoms with Crippen molar-refractivity contribution in [2.45, 2.75) is 20.5 Å². The van der Waals surface area contributed by atoms with E-state index in [1.165, 1.54) is 6.92 Å². The van der Waals surface area contributed by atoms with Gasteiger partial charge >= 0.3 is 11.9 Å². The lowest BCUT2D eigenvalue weighted by Crippen LogP contribution is -2.11. The van der Waals surface area contributed by atoms with Crippen molar-refractivity contribution in [2.75, 3.05) is 0 Å². The summed E-state index contributed by atoms with van der Waals surface area (Å²) in [5.41, 5.74) is 1.12. The summed E-state index contributed by atoms with van der Waals surface area (Å²) in [6, 6.07) is 9.35. The Balaban J connectivity index is 2.37. The third-order valence-electron chi connectivity index (χ3n) is 2.87. The van der Waals surface area contributed by atoms with E-state index in [2.05, 4.69) is 4.98 Å². The number of carboxylic acids is 1. The highest BCUT2D eigenvalue weighted by Crippen LogP contribution is 2.34. The Morgan fingerprint density at radius 1 is 1.18 bits per heavy atom. The molecule has 0 aliphatic rings. The normalized spacial score (nSPS) is 10.1. The van der Waals surface area contributed by atoms with Gasteiger partial charge in [0.2, 0.25) is 0 Å². The number of carbonyl (C=O) groups excluding carboxylic acids is 1. The Labute approximate surface area is 127 Å². The maximum absolute atomic E-state index is 11.3. The van der Waals surface area contributed by atoms with E-state index >= 15 is 0 Å². The van der Waals surface area contributed by atoms with Gasteiger partial charge in [0.15, 0.2) is 11.5 Å². The van der Waals surface area contributed by atoms with Gasteiger partial charge in [0.25, 0.3) is 0 Å². The van der Waals surface area contributed by atoms with Gasteiger partial charge in [0.05, 0.1) is 5.69 Å². The van der Waals surface area contributed by atoms with E-state index in [9.17, 15) is 14.7 Å². The fourth-order valence-corrected chi connectivity index (χ4v) is 1.86. The molecule has 114 valence electrons. The van der Waals surface area contributed by atoms with E-state index in [1.807, 2.05) is 30.3 Å². The molecule has 1 heterocycles. The molecule has 0 atom stereocenters. The van der Waals surface area contributed by atoms with Crippen LogP contribution in [0.4, 0.5) is 0 Å². The van der Waals surface area contributed by atoms with Gasteiger partial charge in [-0.1, -0.05) is 30.3 Å². The summed E-state index contributed by atoms with van der Waals surface area (Å²) < 4.78 is 10.7. The van der Waals surface area contributed by atoms with Crippen LogP contribution in [0.3, 0.4) is 0 Å². The van der Waals surface area contributed by atoms with Crippen LogP contribution < -0.4 is 9.47 Å². The molecule has 22 heavy (non-hydrogen) atoms. The van der Waals surface area contributed by atoms with Crippen LogP contribution in [0.5, 0.6) is 11.5 Å². The lowest BCUT2D eigenvalue weighted by atomic mass is 10.2. The van der Waals surface area contributed by atoms with Gasteiger partial charge in [-0.25, -0.2) is 4.79 Å². The second-order valence-electron chi connectivity index (χ2n) is 4.59. The topological polar surface area (TPSA) is 85.7 Å². The van der Waals surface area contributed by atoms with Gasteiger partial charge in [0.1, 0.15) is 12.2 Å². The summed E-state index contributed by atoms with van der Waals surface area (Å²) in [4.78, 5) is 26.5. The zero-order valence-electron chi connectivity index (χ0n) is 12.2. The van der Waals surface area contributed by atoms with Crippen molar-refractivity contribution < 1.29 is 24.2 Å². The molecule has 2 rings (SSSR count). The maximum atomic E-state index is 11.3. The van der Waals surface area contributed by atoms with Gasteiger partial charge in [-0.05, 0) is 12.5 Å². The second-order valence-corrected chi connectivity index (χ2v) is 4.59. The molecular formula is C16H15NO5. The van der Waals surface area contributed by atoms with Crippen LogP contribution in [0.1, 0.15) is 28.5 Å². The van der Waals surface area contributed by atoms with Crippen LogP contribution in [0.2, 0.25) is 0 Å². The molecular weight excluding hydrogens is 286 g/mol. The standard InChI is InChI=1S/C16H15NO5/c1-10-14(21-9-12-6-4-3-5-7-12)15(22-11(2)18)13(8-17-10)16(19)20/h3-8H,9H2,1-2H3,(H,19,20). The summed E-state index contributed by atoms with van der Waals surface area (Å²) in [7, 11) is 0. The first kappa shape index (κ1) is 15.5. The van der Waals surface area contributed by atoms with Gasteiger partial charge in [-0.2, -0.15) is 0 Å². The maximum Gasteiger partial charge on any atom is 0.341 e. The smallest absolute Gasteiger partial charge is 0.341 e. The zero-order valence-corrected chi connectivity index (χ0v) is 12.2. The number of rotatable bonds is 5. The number of pyridine rings is 1. The van der Waals surface area contributed by atoms with Crippen molar-refractivity contribution in [1.82, 2.24) is 4.98 Å². The fourth-order valence-electron chi connectivity index (χ4n) is 1.86. The Kier molecular flexibility index (Phi) is 4.73. The number of aromatic nitrogens is 1. The van der Waals surface area contributed by atoms with Gasteiger partial charge in [-0.15, -0.1) is 0 Å². The van der Waals surface area contributed by atoms with Gasteiger partial charge in [-0.3, -0.25) is 9.78 Å². The van der Waals surface area contributed by atoms with Crippen LogP contribution in [-0.2, 0) is 11.4 Å². The third kappa shape index (κ3) is 3.60. The average Bonchev–Trinajstić information content (AvgIpc) is 2.47. The molecule has 6 nitrogen and oxygen atoms in total. The van der Waals surface area contributed by atoms with E-state index in [4.69, 9.17) is 9.47 Å². The minimum Gasteiger partial charge on any atom is -0.483 e. The summed E-state index contributed by atoms with van der Waals surface area (Å²) in [5.74, 6) is -1.84. The highest BCUT2D eigenvalue weighted by molar-refractivity contribution is 5.93. The number of hydrogen-bond donors (Lipinski definition) is 1. The molecule has 0 aliphatic carbocycles. The molecule has 1 aromatic heterocycles. The predicted molar refractivity (Wildman–Crippen MR) is 78.0 cm³/mol. The largest absolute Gasteiger partial charge is 0.483 e. The van der Waals surface area contributed by atoms with Crippen LogP contribution in [-0.4, -0.2) is 22.0 Å². The number of aromatic carboxylic acids is 1. The minimum absolute atomic E-state index is 0.122. The lowest BCUT2D eigenvalue weighted by molar-refractivity contribution is -0.132. The van der Waals surface area contributed by atoms with E-state index < -0.39 is 11.9 Å².